The number of allylic oxidation sites excluding steroid dienone is 5. The molecule has 2 aromatic heterocycles. The molecule has 0 amide bonds. The summed E-state index contributed by atoms with van der Waals surface area (Å²) in [6.45, 7) is 4.40. The van der Waals surface area contributed by atoms with Crippen LogP contribution in [0.4, 0.5) is 10.3 Å². The van der Waals surface area contributed by atoms with Gasteiger partial charge in [0.15, 0.2) is 0 Å². The minimum absolute atomic E-state index is 0.329. The summed E-state index contributed by atoms with van der Waals surface area (Å²) in [5.41, 5.74) is 3.65. The Morgan fingerprint density at radius 3 is 2.79 bits per heavy atom. The van der Waals surface area contributed by atoms with E-state index in [0.717, 1.165) is 22.4 Å². The molecule has 0 fully saturated rings. The highest BCUT2D eigenvalue weighted by molar-refractivity contribution is 5.73. The number of methoxy groups -OCH3 is 1. The van der Waals surface area contributed by atoms with E-state index in [0.29, 0.717) is 31.1 Å². The van der Waals surface area contributed by atoms with Crippen molar-refractivity contribution in [2.45, 2.75) is 12.8 Å². The molecule has 0 atom stereocenters. The van der Waals surface area contributed by atoms with Crippen molar-refractivity contribution in [1.82, 2.24) is 15.0 Å². The minimum atomic E-state index is -0.329. The molecular formula is C22H23FN4O. The first-order valence-electron chi connectivity index (χ1n) is 9.00. The van der Waals surface area contributed by atoms with Gasteiger partial charge in [-0.15, -0.1) is 6.58 Å². The van der Waals surface area contributed by atoms with Crippen molar-refractivity contribution in [1.29, 1.82) is 0 Å². The molecule has 1 aliphatic carbocycles. The predicted molar refractivity (Wildman–Crippen MR) is 109 cm³/mol. The fraction of sp³-hybridized carbons (Fsp3) is 0.227. The molecule has 0 aliphatic heterocycles. The molecule has 28 heavy (non-hydrogen) atoms. The van der Waals surface area contributed by atoms with Crippen LogP contribution in [0.3, 0.4) is 0 Å². The highest BCUT2D eigenvalue weighted by Crippen LogP contribution is 2.30. The maximum Gasteiger partial charge on any atom is 0.225 e. The number of ether oxygens (including phenoxy) is 1. The van der Waals surface area contributed by atoms with E-state index in [2.05, 4.69) is 21.5 Å². The lowest BCUT2D eigenvalue weighted by Crippen LogP contribution is -2.19. The van der Waals surface area contributed by atoms with Gasteiger partial charge >= 0.3 is 0 Å². The number of nitrogens with zero attached hydrogens (tertiary/aromatic N) is 4. The van der Waals surface area contributed by atoms with Crippen molar-refractivity contribution in [3.8, 4) is 0 Å². The van der Waals surface area contributed by atoms with Crippen LogP contribution in [0, 0.1) is 0 Å². The van der Waals surface area contributed by atoms with E-state index in [1.807, 2.05) is 24.1 Å². The Labute approximate surface area is 164 Å². The van der Waals surface area contributed by atoms with Crippen molar-refractivity contribution >= 4 is 11.5 Å². The van der Waals surface area contributed by atoms with Gasteiger partial charge in [-0.2, -0.15) is 0 Å². The smallest absolute Gasteiger partial charge is 0.225 e. The van der Waals surface area contributed by atoms with Gasteiger partial charge in [0, 0.05) is 55.8 Å². The molecule has 0 bridgehead atoms. The number of hydrogen-bond acceptors (Lipinski definition) is 5. The number of likely N-dealkylation sites (N-methyl/N-ethyl adjacent to an activating group) is 1. The van der Waals surface area contributed by atoms with E-state index in [-0.39, 0.29) is 5.83 Å². The third-order valence-electron chi connectivity index (χ3n) is 4.41. The Morgan fingerprint density at radius 2 is 2.07 bits per heavy atom. The first kappa shape index (κ1) is 19.5. The van der Waals surface area contributed by atoms with Crippen molar-refractivity contribution in [2.75, 3.05) is 25.6 Å². The van der Waals surface area contributed by atoms with E-state index < -0.39 is 0 Å². The minimum Gasteiger partial charge on any atom is -0.496 e. The predicted octanol–water partition coefficient (Wildman–Crippen LogP) is 4.26. The Bertz CT molecular complexity index is 932. The van der Waals surface area contributed by atoms with Crippen molar-refractivity contribution in [3.63, 3.8) is 0 Å². The molecule has 0 aromatic carbocycles. The first-order chi connectivity index (χ1) is 13.6. The lowest BCUT2D eigenvalue weighted by molar-refractivity contribution is 0.307. The lowest BCUT2D eigenvalue weighted by atomic mass is 9.97. The standard InChI is InChI=1S/C22H23FN4O/c1-4-11-27(2)22-25-14-16(15-26-22)12-20-18(9-6-10-24-20)19-8-5-7-17(23)13-21(19)28-3/h4-7,9-10,13-15H,1,8,11-12H2,2-3H3. The van der Waals surface area contributed by atoms with Crippen molar-refractivity contribution in [3.05, 3.63) is 90.0 Å². The summed E-state index contributed by atoms with van der Waals surface area (Å²) in [5.74, 6) is 0.822. The third kappa shape index (κ3) is 4.52. The molecule has 2 aromatic rings. The van der Waals surface area contributed by atoms with E-state index in [4.69, 9.17) is 4.74 Å². The number of pyridine rings is 1. The Morgan fingerprint density at radius 1 is 1.29 bits per heavy atom. The number of aromatic nitrogens is 3. The van der Waals surface area contributed by atoms with Crippen LogP contribution in [0.2, 0.25) is 0 Å². The van der Waals surface area contributed by atoms with Gasteiger partial charge in [0.25, 0.3) is 0 Å². The van der Waals surface area contributed by atoms with E-state index in [1.54, 1.807) is 37.9 Å². The van der Waals surface area contributed by atoms with Crippen LogP contribution in [-0.4, -0.2) is 35.7 Å². The average molecular weight is 378 g/mol. The molecule has 144 valence electrons. The molecule has 0 saturated heterocycles. The molecular weight excluding hydrogens is 355 g/mol. The van der Waals surface area contributed by atoms with Gasteiger partial charge in [-0.1, -0.05) is 18.2 Å². The summed E-state index contributed by atoms with van der Waals surface area (Å²) in [4.78, 5) is 15.3. The van der Waals surface area contributed by atoms with Gasteiger partial charge in [-0.25, -0.2) is 14.4 Å². The summed E-state index contributed by atoms with van der Waals surface area (Å²) in [6, 6.07) is 3.85. The van der Waals surface area contributed by atoms with Crippen LogP contribution in [0.1, 0.15) is 23.2 Å². The third-order valence-corrected chi connectivity index (χ3v) is 4.41. The fourth-order valence-electron chi connectivity index (χ4n) is 3.03. The van der Waals surface area contributed by atoms with Gasteiger partial charge in [0.05, 0.1) is 12.8 Å². The summed E-state index contributed by atoms with van der Waals surface area (Å²) in [6.07, 6.45) is 12.9. The summed E-state index contributed by atoms with van der Waals surface area (Å²) in [5, 5.41) is 0. The normalized spacial score (nSPS) is 13.8. The highest BCUT2D eigenvalue weighted by atomic mass is 19.1. The zero-order valence-corrected chi connectivity index (χ0v) is 16.1. The molecule has 2 heterocycles. The van der Waals surface area contributed by atoms with Crippen LogP contribution < -0.4 is 4.90 Å². The van der Waals surface area contributed by atoms with Gasteiger partial charge in [0.2, 0.25) is 5.95 Å². The Hall–Kier alpha value is -3.28. The molecule has 0 spiro atoms. The lowest BCUT2D eigenvalue weighted by Gasteiger charge is -2.15. The van der Waals surface area contributed by atoms with Crippen LogP contribution in [-0.2, 0) is 11.2 Å². The zero-order chi connectivity index (χ0) is 19.9. The summed E-state index contributed by atoms with van der Waals surface area (Å²) < 4.78 is 19.2. The maximum atomic E-state index is 13.8. The molecule has 1 aliphatic rings. The average Bonchev–Trinajstić information content (AvgIpc) is 2.90. The maximum absolute atomic E-state index is 13.8. The number of hydrogen-bond donors (Lipinski definition) is 0. The zero-order valence-electron chi connectivity index (χ0n) is 16.1. The Kier molecular flexibility index (Phi) is 6.32. The topological polar surface area (TPSA) is 51.1 Å². The second kappa shape index (κ2) is 9.08. The number of halogens is 1. The molecule has 6 heteroatoms. The van der Waals surface area contributed by atoms with Gasteiger partial charge in [-0.3, -0.25) is 4.98 Å². The molecule has 0 unspecified atom stereocenters. The fourth-order valence-corrected chi connectivity index (χ4v) is 3.03. The molecule has 0 saturated carbocycles. The first-order valence-corrected chi connectivity index (χ1v) is 9.00. The van der Waals surface area contributed by atoms with Crippen LogP contribution in [0.5, 0.6) is 0 Å². The van der Waals surface area contributed by atoms with Crippen LogP contribution in [0.15, 0.2) is 73.2 Å². The van der Waals surface area contributed by atoms with Crippen LogP contribution in [0.25, 0.3) is 5.57 Å². The van der Waals surface area contributed by atoms with Gasteiger partial charge in [-0.05, 0) is 24.1 Å². The summed E-state index contributed by atoms with van der Waals surface area (Å²) in [7, 11) is 3.46. The van der Waals surface area contributed by atoms with E-state index >= 15 is 0 Å². The Balaban J connectivity index is 1.91. The number of rotatable bonds is 7. The van der Waals surface area contributed by atoms with Gasteiger partial charge in [0.1, 0.15) is 11.6 Å². The second-order valence-electron chi connectivity index (χ2n) is 6.42. The largest absolute Gasteiger partial charge is 0.496 e. The van der Waals surface area contributed by atoms with Crippen molar-refractivity contribution < 1.29 is 9.13 Å². The molecule has 0 N–H and O–H groups in total. The van der Waals surface area contributed by atoms with Gasteiger partial charge < -0.3 is 9.64 Å². The van der Waals surface area contributed by atoms with Crippen molar-refractivity contribution in [2.24, 2.45) is 0 Å². The van der Waals surface area contributed by atoms with Crippen LogP contribution >= 0.6 is 0 Å². The molecule has 3 rings (SSSR count). The molecule has 0 radical (unpaired) electrons. The monoisotopic (exact) mass is 378 g/mol. The quantitative estimate of drug-likeness (QED) is 0.674. The van der Waals surface area contributed by atoms with E-state index in [9.17, 15) is 4.39 Å². The highest BCUT2D eigenvalue weighted by Gasteiger charge is 2.16. The number of anilines is 1. The molecule has 5 nitrogen and oxygen atoms in total. The summed E-state index contributed by atoms with van der Waals surface area (Å²) >= 11 is 0. The SMILES string of the molecule is C=CCN(C)c1ncc(Cc2ncccc2C2=C(OC)C=C(F)C=CC2)cn1. The second-order valence-corrected chi connectivity index (χ2v) is 6.42. The van der Waals surface area contributed by atoms with E-state index in [1.165, 1.54) is 12.2 Å².